The fourth-order valence-electron chi connectivity index (χ4n) is 3.68. The Balaban J connectivity index is 1.52. The van der Waals surface area contributed by atoms with E-state index < -0.39 is 0 Å². The van der Waals surface area contributed by atoms with Crippen molar-refractivity contribution in [2.45, 2.75) is 38.3 Å². The molecule has 0 spiro atoms. The van der Waals surface area contributed by atoms with Gasteiger partial charge in [0.15, 0.2) is 0 Å². The first-order chi connectivity index (χ1) is 12.6. The van der Waals surface area contributed by atoms with Gasteiger partial charge in [-0.1, -0.05) is 18.9 Å². The highest BCUT2D eigenvalue weighted by Gasteiger charge is 2.41. The van der Waals surface area contributed by atoms with E-state index in [1.54, 1.807) is 30.6 Å². The van der Waals surface area contributed by atoms with Crippen LogP contribution in [0.4, 0.5) is 0 Å². The Labute approximate surface area is 151 Å². The molecule has 2 heterocycles. The lowest BCUT2D eigenvalue weighted by molar-refractivity contribution is 0.0587. The summed E-state index contributed by atoms with van der Waals surface area (Å²) in [6.45, 7) is 0.352. The molecule has 0 saturated heterocycles. The third kappa shape index (κ3) is 2.87. The molecule has 2 aliphatic rings. The molecular formula is C20H19N3O3. The van der Waals surface area contributed by atoms with Crippen LogP contribution in [-0.4, -0.2) is 33.6 Å². The van der Waals surface area contributed by atoms with Crippen molar-refractivity contribution < 1.29 is 14.4 Å². The summed E-state index contributed by atoms with van der Waals surface area (Å²) in [5.74, 6) is -0.797. The predicted molar refractivity (Wildman–Crippen MR) is 94.6 cm³/mol. The van der Waals surface area contributed by atoms with Crippen LogP contribution in [0.3, 0.4) is 0 Å². The smallest absolute Gasteiger partial charge is 0.261 e. The van der Waals surface area contributed by atoms with Gasteiger partial charge in [0.1, 0.15) is 0 Å². The molecule has 1 aromatic heterocycles. The number of nitrogens with zero attached hydrogens (tertiary/aromatic N) is 2. The summed E-state index contributed by atoms with van der Waals surface area (Å²) in [6, 6.07) is 8.38. The highest BCUT2D eigenvalue weighted by molar-refractivity contribution is 6.22. The van der Waals surface area contributed by atoms with Crippen LogP contribution < -0.4 is 5.32 Å². The van der Waals surface area contributed by atoms with E-state index in [1.807, 2.05) is 6.07 Å². The van der Waals surface area contributed by atoms with Gasteiger partial charge < -0.3 is 5.32 Å². The lowest BCUT2D eigenvalue weighted by Crippen LogP contribution is -2.38. The third-order valence-corrected chi connectivity index (χ3v) is 5.05. The van der Waals surface area contributed by atoms with E-state index in [-0.39, 0.29) is 23.8 Å². The quantitative estimate of drug-likeness (QED) is 0.861. The number of nitrogens with one attached hydrogen (secondary N) is 1. The minimum atomic E-state index is -0.281. The number of fused-ring (bicyclic) bond motifs is 1. The van der Waals surface area contributed by atoms with Crippen LogP contribution in [0, 0.1) is 0 Å². The van der Waals surface area contributed by atoms with Crippen molar-refractivity contribution in [1.29, 1.82) is 0 Å². The van der Waals surface area contributed by atoms with Crippen LogP contribution in [0.5, 0.6) is 0 Å². The molecule has 0 atom stereocenters. The number of rotatable bonds is 4. The van der Waals surface area contributed by atoms with E-state index in [4.69, 9.17) is 0 Å². The zero-order valence-corrected chi connectivity index (χ0v) is 14.3. The van der Waals surface area contributed by atoms with Crippen LogP contribution >= 0.6 is 0 Å². The SMILES string of the molecule is O=C(NCc1cccnc1)c1ccc2c(c1)C(=O)N(C1CCCC1)C2=O. The first kappa shape index (κ1) is 16.4. The maximum absolute atomic E-state index is 12.7. The van der Waals surface area contributed by atoms with Crippen molar-refractivity contribution in [2.75, 3.05) is 0 Å². The minimum Gasteiger partial charge on any atom is -0.348 e. The lowest BCUT2D eigenvalue weighted by Gasteiger charge is -2.21. The normalized spacial score (nSPS) is 16.8. The summed E-state index contributed by atoms with van der Waals surface area (Å²) >= 11 is 0. The summed E-state index contributed by atoms with van der Waals surface area (Å²) in [7, 11) is 0. The topological polar surface area (TPSA) is 79.4 Å². The van der Waals surface area contributed by atoms with Crippen molar-refractivity contribution in [3.8, 4) is 0 Å². The van der Waals surface area contributed by atoms with Crippen molar-refractivity contribution >= 4 is 17.7 Å². The number of carbonyl (C=O) groups excluding carboxylic acids is 3. The van der Waals surface area contributed by atoms with Gasteiger partial charge in [0.2, 0.25) is 0 Å². The number of hydrogen-bond donors (Lipinski definition) is 1. The van der Waals surface area contributed by atoms with Gasteiger partial charge in [0.05, 0.1) is 11.1 Å². The van der Waals surface area contributed by atoms with Gasteiger partial charge in [-0.25, -0.2) is 0 Å². The Bertz CT molecular complexity index is 873. The zero-order chi connectivity index (χ0) is 18.1. The molecule has 1 aliphatic heterocycles. The first-order valence-corrected chi connectivity index (χ1v) is 8.84. The number of aromatic nitrogens is 1. The average molecular weight is 349 g/mol. The molecule has 6 heteroatoms. The molecule has 0 unspecified atom stereocenters. The zero-order valence-electron chi connectivity index (χ0n) is 14.3. The number of imide groups is 1. The van der Waals surface area contributed by atoms with E-state index in [0.29, 0.717) is 23.2 Å². The molecule has 1 saturated carbocycles. The Kier molecular flexibility index (Phi) is 4.24. The molecule has 1 aliphatic carbocycles. The van der Waals surface area contributed by atoms with E-state index in [9.17, 15) is 14.4 Å². The van der Waals surface area contributed by atoms with Crippen LogP contribution in [0.25, 0.3) is 0 Å². The molecule has 1 N–H and O–H groups in total. The molecule has 0 radical (unpaired) electrons. The Morgan fingerprint density at radius 3 is 2.62 bits per heavy atom. The van der Waals surface area contributed by atoms with Crippen LogP contribution in [-0.2, 0) is 6.54 Å². The van der Waals surface area contributed by atoms with E-state index >= 15 is 0 Å². The molecule has 1 aromatic carbocycles. The predicted octanol–water partition coefficient (Wildman–Crippen LogP) is 2.55. The van der Waals surface area contributed by atoms with Crippen molar-refractivity contribution in [3.63, 3.8) is 0 Å². The number of amides is 3. The maximum atomic E-state index is 12.7. The van der Waals surface area contributed by atoms with Crippen LogP contribution in [0.2, 0.25) is 0 Å². The van der Waals surface area contributed by atoms with E-state index in [2.05, 4.69) is 10.3 Å². The van der Waals surface area contributed by atoms with Gasteiger partial charge in [0.25, 0.3) is 17.7 Å². The van der Waals surface area contributed by atoms with Crippen molar-refractivity contribution in [1.82, 2.24) is 15.2 Å². The van der Waals surface area contributed by atoms with Crippen LogP contribution in [0.15, 0.2) is 42.7 Å². The monoisotopic (exact) mass is 349 g/mol. The molecule has 2 aromatic rings. The second-order valence-electron chi connectivity index (χ2n) is 6.72. The molecule has 3 amide bonds. The van der Waals surface area contributed by atoms with Crippen molar-refractivity contribution in [3.05, 3.63) is 65.0 Å². The lowest BCUT2D eigenvalue weighted by atomic mass is 10.1. The molecular weight excluding hydrogens is 330 g/mol. The molecule has 132 valence electrons. The van der Waals surface area contributed by atoms with Gasteiger partial charge in [-0.15, -0.1) is 0 Å². The molecule has 6 nitrogen and oxygen atoms in total. The number of carbonyl (C=O) groups is 3. The second kappa shape index (κ2) is 6.71. The van der Waals surface area contributed by atoms with Gasteiger partial charge in [-0.3, -0.25) is 24.3 Å². The fraction of sp³-hybridized carbons (Fsp3) is 0.300. The van der Waals surface area contributed by atoms with Gasteiger partial charge in [-0.2, -0.15) is 0 Å². The Hall–Kier alpha value is -3.02. The summed E-state index contributed by atoms with van der Waals surface area (Å²) in [6.07, 6.45) is 7.17. The highest BCUT2D eigenvalue weighted by atomic mass is 16.2. The van der Waals surface area contributed by atoms with Gasteiger partial charge >= 0.3 is 0 Å². The average Bonchev–Trinajstić information content (AvgIpc) is 3.28. The first-order valence-electron chi connectivity index (χ1n) is 8.84. The largest absolute Gasteiger partial charge is 0.348 e. The van der Waals surface area contributed by atoms with Gasteiger partial charge in [-0.05, 0) is 42.7 Å². The highest BCUT2D eigenvalue weighted by Crippen LogP contribution is 2.32. The van der Waals surface area contributed by atoms with Gasteiger partial charge in [0, 0.05) is 30.5 Å². The summed E-state index contributed by atoms with van der Waals surface area (Å²) in [5, 5.41) is 2.81. The molecule has 1 fully saturated rings. The third-order valence-electron chi connectivity index (χ3n) is 5.05. The van der Waals surface area contributed by atoms with Crippen LogP contribution in [0.1, 0.15) is 62.3 Å². The van der Waals surface area contributed by atoms with E-state index in [1.165, 1.54) is 11.0 Å². The number of benzene rings is 1. The maximum Gasteiger partial charge on any atom is 0.261 e. The standard InChI is InChI=1S/C20H19N3O3/c24-18(22-12-13-4-3-9-21-11-13)14-7-8-16-17(10-14)20(26)23(19(16)25)15-5-1-2-6-15/h3-4,7-11,15H,1-2,5-6,12H2,(H,22,24). The second-order valence-corrected chi connectivity index (χ2v) is 6.72. The molecule has 26 heavy (non-hydrogen) atoms. The molecule has 0 bridgehead atoms. The Morgan fingerprint density at radius 1 is 1.12 bits per heavy atom. The summed E-state index contributed by atoms with van der Waals surface area (Å²) < 4.78 is 0. The summed E-state index contributed by atoms with van der Waals surface area (Å²) in [4.78, 5) is 43.1. The Morgan fingerprint density at radius 2 is 1.88 bits per heavy atom. The summed E-state index contributed by atoms with van der Waals surface area (Å²) in [5.41, 5.74) is 1.99. The number of pyridine rings is 1. The molecule has 4 rings (SSSR count). The van der Waals surface area contributed by atoms with Crippen molar-refractivity contribution in [2.24, 2.45) is 0 Å². The number of hydrogen-bond acceptors (Lipinski definition) is 4. The minimum absolute atomic E-state index is 0.00902. The van der Waals surface area contributed by atoms with E-state index in [0.717, 1.165) is 31.2 Å². The fourth-order valence-corrected chi connectivity index (χ4v) is 3.68.